The first kappa shape index (κ1) is 14.6. The van der Waals surface area contributed by atoms with E-state index in [0.29, 0.717) is 5.58 Å². The van der Waals surface area contributed by atoms with Crippen LogP contribution in [0.5, 0.6) is 0 Å². The van der Waals surface area contributed by atoms with Crippen LogP contribution in [0, 0.1) is 0 Å². The molecule has 0 unspecified atom stereocenters. The molecule has 5 nitrogen and oxygen atoms in total. The molecule has 0 aliphatic heterocycles. The smallest absolute Gasteiger partial charge is 0.371 e. The van der Waals surface area contributed by atoms with E-state index in [4.69, 9.17) is 14.6 Å². The fourth-order valence-corrected chi connectivity index (χ4v) is 2.08. The summed E-state index contributed by atoms with van der Waals surface area (Å²) < 4.78 is 5.21. The second-order valence-corrected chi connectivity index (χ2v) is 4.75. The van der Waals surface area contributed by atoms with Gasteiger partial charge < -0.3 is 19.9 Å². The van der Waals surface area contributed by atoms with Crippen LogP contribution in [0.2, 0.25) is 0 Å². The van der Waals surface area contributed by atoms with Gasteiger partial charge in [-0.1, -0.05) is 6.07 Å². The molecule has 0 aliphatic carbocycles. The number of carboxylic acid groups (broad SMARTS) is 1. The van der Waals surface area contributed by atoms with Crippen LogP contribution in [0.3, 0.4) is 0 Å². The third kappa shape index (κ3) is 3.82. The number of benzene rings is 1. The predicted molar refractivity (Wildman–Crippen MR) is 75.8 cm³/mol. The highest BCUT2D eigenvalue weighted by atomic mass is 16.4. The van der Waals surface area contributed by atoms with Gasteiger partial charge >= 0.3 is 5.97 Å². The minimum atomic E-state index is -1.05. The van der Waals surface area contributed by atoms with E-state index in [0.717, 1.165) is 43.3 Å². The lowest BCUT2D eigenvalue weighted by Gasteiger charge is -2.04. The van der Waals surface area contributed by atoms with Gasteiger partial charge in [-0.2, -0.15) is 0 Å². The van der Waals surface area contributed by atoms with Crippen molar-refractivity contribution in [3.05, 3.63) is 35.6 Å². The van der Waals surface area contributed by atoms with Crippen LogP contribution in [-0.4, -0.2) is 29.3 Å². The summed E-state index contributed by atoms with van der Waals surface area (Å²) in [4.78, 5) is 10.8. The fourth-order valence-electron chi connectivity index (χ4n) is 2.08. The normalized spacial score (nSPS) is 11.1. The number of carboxylic acids is 1. The number of aliphatic hydroxyl groups is 1. The number of hydrogen-bond donors (Lipinski definition) is 3. The van der Waals surface area contributed by atoms with Crippen LogP contribution in [0.15, 0.2) is 28.7 Å². The van der Waals surface area contributed by atoms with Gasteiger partial charge in [-0.15, -0.1) is 0 Å². The van der Waals surface area contributed by atoms with Gasteiger partial charge in [0.25, 0.3) is 0 Å². The molecule has 0 fully saturated rings. The molecular formula is C15H19NO4. The molecule has 0 spiro atoms. The Morgan fingerprint density at radius 1 is 1.20 bits per heavy atom. The molecule has 0 aliphatic rings. The number of carbonyl (C=O) groups is 1. The molecule has 2 rings (SSSR count). The largest absolute Gasteiger partial charge is 0.475 e. The summed E-state index contributed by atoms with van der Waals surface area (Å²) in [5.74, 6) is -1.08. The zero-order chi connectivity index (χ0) is 14.4. The number of unbranched alkanes of at least 4 members (excludes halogenated alkanes) is 2. The second-order valence-electron chi connectivity index (χ2n) is 4.75. The number of nitrogens with one attached hydrogen (secondary N) is 1. The first-order chi connectivity index (χ1) is 9.70. The summed E-state index contributed by atoms with van der Waals surface area (Å²) in [6.07, 6.45) is 2.91. The quantitative estimate of drug-likeness (QED) is 0.645. The van der Waals surface area contributed by atoms with Crippen LogP contribution in [0.25, 0.3) is 11.0 Å². The molecule has 1 aromatic carbocycles. The van der Waals surface area contributed by atoms with Crippen molar-refractivity contribution >= 4 is 16.9 Å². The van der Waals surface area contributed by atoms with Crippen LogP contribution >= 0.6 is 0 Å². The Labute approximate surface area is 117 Å². The molecule has 5 heteroatoms. The van der Waals surface area contributed by atoms with Gasteiger partial charge in [0.1, 0.15) is 5.58 Å². The number of hydrogen-bond acceptors (Lipinski definition) is 4. The SMILES string of the molecule is O=C(O)c1cc2cc(CNCCCCCO)ccc2o1. The lowest BCUT2D eigenvalue weighted by atomic mass is 10.1. The Kier molecular flexibility index (Phi) is 5.15. The van der Waals surface area contributed by atoms with Gasteiger partial charge in [0, 0.05) is 18.5 Å². The molecule has 0 radical (unpaired) electrons. The number of fused-ring (bicyclic) bond motifs is 1. The Morgan fingerprint density at radius 3 is 2.80 bits per heavy atom. The minimum absolute atomic E-state index is 0.0332. The summed E-state index contributed by atoms with van der Waals surface area (Å²) in [7, 11) is 0. The molecule has 3 N–H and O–H groups in total. The minimum Gasteiger partial charge on any atom is -0.475 e. The van der Waals surface area contributed by atoms with Gasteiger partial charge in [-0.25, -0.2) is 4.79 Å². The van der Waals surface area contributed by atoms with Crippen molar-refractivity contribution in [2.75, 3.05) is 13.2 Å². The molecule has 2 aromatic rings. The van der Waals surface area contributed by atoms with E-state index in [1.165, 1.54) is 0 Å². The second kappa shape index (κ2) is 7.07. The third-order valence-electron chi connectivity index (χ3n) is 3.13. The topological polar surface area (TPSA) is 82.7 Å². The van der Waals surface area contributed by atoms with E-state index in [1.54, 1.807) is 12.1 Å². The molecule has 1 heterocycles. The van der Waals surface area contributed by atoms with Crippen LogP contribution in [-0.2, 0) is 6.54 Å². The zero-order valence-electron chi connectivity index (χ0n) is 11.3. The summed E-state index contributed by atoms with van der Waals surface area (Å²) in [6.45, 7) is 1.90. The molecule has 108 valence electrons. The number of aliphatic hydroxyl groups excluding tert-OH is 1. The van der Waals surface area contributed by atoms with E-state index in [2.05, 4.69) is 5.32 Å². The van der Waals surface area contributed by atoms with E-state index >= 15 is 0 Å². The first-order valence-corrected chi connectivity index (χ1v) is 6.78. The number of aromatic carboxylic acids is 1. The highest BCUT2D eigenvalue weighted by molar-refractivity contribution is 5.91. The van der Waals surface area contributed by atoms with Gasteiger partial charge in [-0.05, 0) is 49.6 Å². The lowest BCUT2D eigenvalue weighted by Crippen LogP contribution is -2.14. The molecule has 0 atom stereocenters. The molecule has 0 amide bonds. The van der Waals surface area contributed by atoms with Gasteiger partial charge in [0.15, 0.2) is 0 Å². The van der Waals surface area contributed by atoms with Crippen molar-refractivity contribution in [1.29, 1.82) is 0 Å². The summed E-state index contributed by atoms with van der Waals surface area (Å²) >= 11 is 0. The monoisotopic (exact) mass is 277 g/mol. The van der Waals surface area contributed by atoms with Crippen molar-refractivity contribution in [1.82, 2.24) is 5.32 Å². The third-order valence-corrected chi connectivity index (χ3v) is 3.13. The van der Waals surface area contributed by atoms with Gasteiger partial charge in [-0.3, -0.25) is 0 Å². The molecule has 0 saturated heterocycles. The lowest BCUT2D eigenvalue weighted by molar-refractivity contribution is 0.0665. The van der Waals surface area contributed by atoms with Crippen molar-refractivity contribution in [2.45, 2.75) is 25.8 Å². The fraction of sp³-hybridized carbons (Fsp3) is 0.400. The average Bonchev–Trinajstić information content (AvgIpc) is 2.86. The number of furan rings is 1. The Hall–Kier alpha value is -1.85. The van der Waals surface area contributed by atoms with Crippen molar-refractivity contribution in [2.24, 2.45) is 0 Å². The van der Waals surface area contributed by atoms with E-state index < -0.39 is 5.97 Å². The zero-order valence-corrected chi connectivity index (χ0v) is 11.3. The van der Waals surface area contributed by atoms with Gasteiger partial charge in [0.05, 0.1) is 0 Å². The van der Waals surface area contributed by atoms with E-state index in [9.17, 15) is 4.79 Å². The summed E-state index contributed by atoms with van der Waals surface area (Å²) in [6, 6.07) is 7.21. The molecule has 1 aromatic heterocycles. The Bertz CT molecular complexity index is 576. The van der Waals surface area contributed by atoms with Gasteiger partial charge in [0.2, 0.25) is 5.76 Å². The standard InChI is InChI=1S/C15H19NO4/c17-7-3-1-2-6-16-10-11-4-5-13-12(8-11)9-14(20-13)15(18)19/h4-5,8-9,16-17H,1-3,6-7,10H2,(H,18,19). The first-order valence-electron chi connectivity index (χ1n) is 6.78. The highest BCUT2D eigenvalue weighted by Gasteiger charge is 2.10. The summed E-state index contributed by atoms with van der Waals surface area (Å²) in [5.41, 5.74) is 1.69. The number of rotatable bonds is 8. The average molecular weight is 277 g/mol. The van der Waals surface area contributed by atoms with Crippen LogP contribution in [0.1, 0.15) is 35.4 Å². The predicted octanol–water partition coefficient (Wildman–Crippen LogP) is 2.38. The van der Waals surface area contributed by atoms with E-state index in [1.807, 2.05) is 12.1 Å². The highest BCUT2D eigenvalue weighted by Crippen LogP contribution is 2.20. The molecule has 20 heavy (non-hydrogen) atoms. The maximum absolute atomic E-state index is 10.8. The Morgan fingerprint density at radius 2 is 2.05 bits per heavy atom. The van der Waals surface area contributed by atoms with Crippen molar-refractivity contribution in [3.8, 4) is 0 Å². The molecule has 0 bridgehead atoms. The van der Waals surface area contributed by atoms with Crippen LogP contribution in [0.4, 0.5) is 0 Å². The maximum Gasteiger partial charge on any atom is 0.371 e. The van der Waals surface area contributed by atoms with Crippen molar-refractivity contribution < 1.29 is 19.4 Å². The van der Waals surface area contributed by atoms with Crippen molar-refractivity contribution in [3.63, 3.8) is 0 Å². The van der Waals surface area contributed by atoms with E-state index in [-0.39, 0.29) is 12.4 Å². The molecule has 0 saturated carbocycles. The molecular weight excluding hydrogens is 258 g/mol. The van der Waals surface area contributed by atoms with Crippen LogP contribution < -0.4 is 5.32 Å². The maximum atomic E-state index is 10.8. The Balaban J connectivity index is 1.89. The summed E-state index contributed by atoms with van der Waals surface area (Å²) in [5, 5.41) is 21.7.